The monoisotopic (exact) mass is 283 g/mol. The highest BCUT2D eigenvalue weighted by atomic mass is 16.7. The van der Waals surface area contributed by atoms with Gasteiger partial charge >= 0.3 is 17.8 Å². The number of ether oxygens (including phenoxy) is 2. The molecule has 0 aliphatic rings. The van der Waals surface area contributed by atoms with E-state index in [1.807, 2.05) is 0 Å². The van der Waals surface area contributed by atoms with E-state index in [4.69, 9.17) is 9.84 Å². The number of hydrogen-bond acceptors (Lipinski definition) is 6. The molecule has 1 aromatic rings. The highest BCUT2D eigenvalue weighted by Gasteiger charge is 2.27. The second-order valence-electron chi connectivity index (χ2n) is 3.80. The SMILES string of the molecule is CCC(=O)OC(C)c1cccc(OC(=O)O)c1[N+](=O)[O-]. The Morgan fingerprint density at radius 1 is 1.45 bits per heavy atom. The second-order valence-corrected chi connectivity index (χ2v) is 3.80. The summed E-state index contributed by atoms with van der Waals surface area (Å²) in [5.74, 6) is -0.934. The second kappa shape index (κ2) is 6.50. The molecule has 108 valence electrons. The largest absolute Gasteiger partial charge is 0.511 e. The van der Waals surface area contributed by atoms with Gasteiger partial charge in [0.05, 0.1) is 10.5 Å². The van der Waals surface area contributed by atoms with Gasteiger partial charge in [0.2, 0.25) is 5.75 Å². The van der Waals surface area contributed by atoms with Crippen molar-refractivity contribution in [2.24, 2.45) is 0 Å². The summed E-state index contributed by atoms with van der Waals surface area (Å²) >= 11 is 0. The molecule has 1 atom stereocenters. The average molecular weight is 283 g/mol. The van der Waals surface area contributed by atoms with Crippen molar-refractivity contribution in [3.8, 4) is 5.75 Å². The Labute approximate surface area is 114 Å². The van der Waals surface area contributed by atoms with Gasteiger partial charge in [-0.2, -0.15) is 0 Å². The van der Waals surface area contributed by atoms with Crippen LogP contribution in [0.15, 0.2) is 18.2 Å². The molecule has 0 fully saturated rings. The fourth-order valence-electron chi connectivity index (χ4n) is 1.58. The Kier molecular flexibility index (Phi) is 5.01. The Morgan fingerprint density at radius 3 is 2.60 bits per heavy atom. The Morgan fingerprint density at radius 2 is 2.10 bits per heavy atom. The van der Waals surface area contributed by atoms with Crippen LogP contribution in [0.2, 0.25) is 0 Å². The maximum Gasteiger partial charge on any atom is 0.511 e. The van der Waals surface area contributed by atoms with E-state index >= 15 is 0 Å². The molecule has 20 heavy (non-hydrogen) atoms. The van der Waals surface area contributed by atoms with Crippen LogP contribution in [-0.2, 0) is 9.53 Å². The summed E-state index contributed by atoms with van der Waals surface area (Å²) in [4.78, 5) is 32.0. The molecule has 0 bridgehead atoms. The summed E-state index contributed by atoms with van der Waals surface area (Å²) in [6.07, 6.45) is -2.42. The van der Waals surface area contributed by atoms with Crippen LogP contribution in [-0.4, -0.2) is 22.2 Å². The number of benzene rings is 1. The molecule has 0 spiro atoms. The van der Waals surface area contributed by atoms with E-state index < -0.39 is 34.6 Å². The molecule has 0 saturated carbocycles. The molecule has 0 aromatic heterocycles. The quantitative estimate of drug-likeness (QED) is 0.382. The Bertz CT molecular complexity index is 541. The lowest BCUT2D eigenvalue weighted by Gasteiger charge is -2.14. The van der Waals surface area contributed by atoms with E-state index in [9.17, 15) is 19.7 Å². The van der Waals surface area contributed by atoms with Gasteiger partial charge in [-0.1, -0.05) is 13.0 Å². The normalized spacial score (nSPS) is 11.5. The molecule has 1 N–H and O–H groups in total. The Hall–Kier alpha value is -2.64. The third-order valence-electron chi connectivity index (χ3n) is 2.44. The van der Waals surface area contributed by atoms with Gasteiger partial charge in [0.1, 0.15) is 6.10 Å². The van der Waals surface area contributed by atoms with Crippen molar-refractivity contribution >= 4 is 17.8 Å². The van der Waals surface area contributed by atoms with Crippen molar-refractivity contribution in [3.05, 3.63) is 33.9 Å². The molecule has 0 radical (unpaired) electrons. The molecule has 0 aliphatic heterocycles. The number of hydrogen-bond donors (Lipinski definition) is 1. The van der Waals surface area contributed by atoms with Crippen LogP contribution in [0.25, 0.3) is 0 Å². The van der Waals surface area contributed by atoms with Crippen molar-refractivity contribution < 1.29 is 29.1 Å². The molecule has 0 amide bonds. The van der Waals surface area contributed by atoms with E-state index in [1.165, 1.54) is 19.1 Å². The summed E-state index contributed by atoms with van der Waals surface area (Å²) in [7, 11) is 0. The van der Waals surface area contributed by atoms with Crippen LogP contribution in [0.4, 0.5) is 10.5 Å². The number of nitro benzene ring substituents is 1. The molecule has 1 aromatic carbocycles. The lowest BCUT2D eigenvalue weighted by Crippen LogP contribution is -2.11. The number of esters is 1. The first-order valence-electron chi connectivity index (χ1n) is 5.74. The molecular formula is C12H13NO7. The van der Waals surface area contributed by atoms with E-state index in [-0.39, 0.29) is 12.0 Å². The van der Waals surface area contributed by atoms with E-state index in [0.717, 1.165) is 6.07 Å². The van der Waals surface area contributed by atoms with Crippen LogP contribution in [0.1, 0.15) is 31.9 Å². The zero-order chi connectivity index (χ0) is 15.3. The van der Waals surface area contributed by atoms with Crippen molar-refractivity contribution in [3.63, 3.8) is 0 Å². The summed E-state index contributed by atoms with van der Waals surface area (Å²) in [6.45, 7) is 3.05. The average Bonchev–Trinajstić information content (AvgIpc) is 2.37. The van der Waals surface area contributed by atoms with Crippen molar-refractivity contribution in [2.45, 2.75) is 26.4 Å². The maximum atomic E-state index is 11.2. The van der Waals surface area contributed by atoms with Crippen LogP contribution in [0.5, 0.6) is 5.75 Å². The number of nitrogens with zero attached hydrogens (tertiary/aromatic N) is 1. The van der Waals surface area contributed by atoms with Gasteiger partial charge in [-0.3, -0.25) is 14.9 Å². The molecule has 0 aliphatic carbocycles. The minimum atomic E-state index is -1.66. The summed E-state index contributed by atoms with van der Waals surface area (Å²) < 4.78 is 9.35. The van der Waals surface area contributed by atoms with Gasteiger partial charge in [-0.25, -0.2) is 4.79 Å². The van der Waals surface area contributed by atoms with Gasteiger partial charge in [0.25, 0.3) is 0 Å². The zero-order valence-electron chi connectivity index (χ0n) is 10.9. The maximum absolute atomic E-state index is 11.2. The lowest BCUT2D eigenvalue weighted by molar-refractivity contribution is -0.386. The topological polar surface area (TPSA) is 116 Å². The fourth-order valence-corrected chi connectivity index (χ4v) is 1.58. The smallest absolute Gasteiger partial charge is 0.458 e. The van der Waals surface area contributed by atoms with Crippen LogP contribution < -0.4 is 4.74 Å². The molecule has 8 heteroatoms. The number of carbonyl (C=O) groups is 2. The van der Waals surface area contributed by atoms with Crippen LogP contribution >= 0.6 is 0 Å². The van der Waals surface area contributed by atoms with E-state index in [2.05, 4.69) is 4.74 Å². The minimum Gasteiger partial charge on any atom is -0.458 e. The van der Waals surface area contributed by atoms with Crippen LogP contribution in [0, 0.1) is 10.1 Å². The molecule has 0 heterocycles. The van der Waals surface area contributed by atoms with Crippen molar-refractivity contribution in [2.75, 3.05) is 0 Å². The molecule has 1 unspecified atom stereocenters. The third kappa shape index (κ3) is 3.67. The predicted octanol–water partition coefficient (Wildman–Crippen LogP) is 2.67. The van der Waals surface area contributed by atoms with Crippen molar-refractivity contribution in [1.29, 1.82) is 0 Å². The summed E-state index contributed by atoms with van der Waals surface area (Å²) in [5.41, 5.74) is -0.471. The van der Waals surface area contributed by atoms with E-state index in [0.29, 0.717) is 0 Å². The first-order chi connectivity index (χ1) is 9.36. The first-order valence-corrected chi connectivity index (χ1v) is 5.74. The highest BCUT2D eigenvalue weighted by molar-refractivity contribution is 5.70. The third-order valence-corrected chi connectivity index (χ3v) is 2.44. The van der Waals surface area contributed by atoms with Gasteiger partial charge in [-0.05, 0) is 19.1 Å². The van der Waals surface area contributed by atoms with Gasteiger partial charge in [-0.15, -0.1) is 0 Å². The standard InChI is InChI=1S/C12H13NO7/c1-3-10(14)19-7(2)8-5-4-6-9(20-12(15)16)11(8)13(17)18/h4-7H,3H2,1-2H3,(H,15,16). The number of carboxylic acid groups (broad SMARTS) is 1. The van der Waals surface area contributed by atoms with Crippen molar-refractivity contribution in [1.82, 2.24) is 0 Å². The molecular weight excluding hydrogens is 270 g/mol. The van der Waals surface area contributed by atoms with Gasteiger partial charge in [0, 0.05) is 6.42 Å². The summed E-state index contributed by atoms with van der Waals surface area (Å²) in [6, 6.07) is 3.92. The van der Waals surface area contributed by atoms with Crippen LogP contribution in [0.3, 0.4) is 0 Å². The molecule has 1 rings (SSSR count). The van der Waals surface area contributed by atoms with Gasteiger partial charge in [0.15, 0.2) is 0 Å². The number of rotatable bonds is 5. The van der Waals surface area contributed by atoms with Gasteiger partial charge < -0.3 is 14.6 Å². The minimum absolute atomic E-state index is 0.0653. The fraction of sp³-hybridized carbons (Fsp3) is 0.333. The number of para-hydroxylation sites is 1. The predicted molar refractivity (Wildman–Crippen MR) is 66.5 cm³/mol. The first kappa shape index (κ1) is 15.4. The molecule has 0 saturated heterocycles. The highest BCUT2D eigenvalue weighted by Crippen LogP contribution is 2.35. The molecule has 8 nitrogen and oxygen atoms in total. The lowest BCUT2D eigenvalue weighted by atomic mass is 10.1. The van der Waals surface area contributed by atoms with E-state index in [1.54, 1.807) is 6.92 Å². The zero-order valence-corrected chi connectivity index (χ0v) is 10.9. The Balaban J connectivity index is 3.21. The summed E-state index contributed by atoms with van der Waals surface area (Å²) in [5, 5.41) is 19.6. The number of carbonyl (C=O) groups excluding carboxylic acids is 1. The number of nitro groups is 1.